The monoisotopic (exact) mass is 291 g/mol. The van der Waals surface area contributed by atoms with Gasteiger partial charge in [0.1, 0.15) is 0 Å². The van der Waals surface area contributed by atoms with Gasteiger partial charge in [0, 0.05) is 44.2 Å². The maximum atomic E-state index is 12.1. The highest BCUT2D eigenvalue weighted by Gasteiger charge is 2.36. The Hall–Kier alpha value is -1.79. The summed E-state index contributed by atoms with van der Waals surface area (Å²) in [7, 11) is 1.62. The van der Waals surface area contributed by atoms with Crippen LogP contribution in [0.4, 0.5) is 0 Å². The zero-order valence-corrected chi connectivity index (χ0v) is 12.6. The van der Waals surface area contributed by atoms with Gasteiger partial charge in [-0.25, -0.2) is 0 Å². The molecule has 21 heavy (non-hydrogen) atoms. The number of Topliss-reactive ketones (excluding diaryl/α,β-unsaturated/α-hetero) is 1. The van der Waals surface area contributed by atoms with Crippen molar-refractivity contribution in [3.8, 4) is 0 Å². The van der Waals surface area contributed by atoms with Gasteiger partial charge in [0.05, 0.1) is 12.1 Å². The van der Waals surface area contributed by atoms with Crippen molar-refractivity contribution in [3.63, 3.8) is 0 Å². The molecule has 0 bridgehead atoms. The summed E-state index contributed by atoms with van der Waals surface area (Å²) < 4.78 is 5.41. The van der Waals surface area contributed by atoms with E-state index in [2.05, 4.69) is 29.0 Å². The van der Waals surface area contributed by atoms with E-state index in [1.54, 1.807) is 25.4 Å². The third-order valence-electron chi connectivity index (χ3n) is 3.77. The van der Waals surface area contributed by atoms with Crippen LogP contribution < -0.4 is 5.32 Å². The van der Waals surface area contributed by atoms with Gasteiger partial charge >= 0.3 is 0 Å². The molecular weight excluding hydrogens is 270 g/mol. The second-order valence-corrected chi connectivity index (χ2v) is 5.47. The minimum atomic E-state index is -0.611. The van der Waals surface area contributed by atoms with Crippen LogP contribution in [0, 0.1) is 0 Å². The fourth-order valence-electron chi connectivity index (χ4n) is 2.46. The van der Waals surface area contributed by atoms with Crippen LogP contribution in [0.5, 0.6) is 0 Å². The molecule has 0 aliphatic carbocycles. The van der Waals surface area contributed by atoms with Gasteiger partial charge in [-0.15, -0.1) is 0 Å². The van der Waals surface area contributed by atoms with Crippen molar-refractivity contribution in [3.05, 3.63) is 30.1 Å². The molecule has 114 valence electrons. The molecule has 0 saturated carbocycles. The number of pyridine rings is 1. The molecule has 6 nitrogen and oxygen atoms in total. The Morgan fingerprint density at radius 2 is 2.19 bits per heavy atom. The van der Waals surface area contributed by atoms with Gasteiger partial charge in [-0.05, 0) is 26.0 Å². The summed E-state index contributed by atoms with van der Waals surface area (Å²) in [6, 6.07) is 3.41. The minimum absolute atomic E-state index is 0.0990. The van der Waals surface area contributed by atoms with Crippen molar-refractivity contribution in [1.29, 1.82) is 0 Å². The molecule has 2 heterocycles. The van der Waals surface area contributed by atoms with E-state index < -0.39 is 11.7 Å². The largest absolute Gasteiger partial charge is 0.378 e. The van der Waals surface area contributed by atoms with E-state index in [1.807, 2.05) is 0 Å². The van der Waals surface area contributed by atoms with E-state index in [0.717, 1.165) is 6.54 Å². The van der Waals surface area contributed by atoms with E-state index >= 15 is 0 Å². The SMILES string of the molecule is CO[C@H]1CN(C(C)C)C[C@@H]1NC(=O)C(=O)c1cccnc1. The van der Waals surface area contributed by atoms with Crippen LogP contribution in [0.25, 0.3) is 0 Å². The third-order valence-corrected chi connectivity index (χ3v) is 3.77. The lowest BCUT2D eigenvalue weighted by Crippen LogP contribution is -2.46. The fraction of sp³-hybridized carbons (Fsp3) is 0.533. The first-order valence-electron chi connectivity index (χ1n) is 7.05. The summed E-state index contributed by atoms with van der Waals surface area (Å²) in [4.78, 5) is 30.2. The second kappa shape index (κ2) is 6.78. The maximum Gasteiger partial charge on any atom is 0.292 e. The Morgan fingerprint density at radius 3 is 2.76 bits per heavy atom. The number of nitrogens with one attached hydrogen (secondary N) is 1. The lowest BCUT2D eigenvalue weighted by molar-refractivity contribution is -0.118. The first-order valence-corrected chi connectivity index (χ1v) is 7.05. The minimum Gasteiger partial charge on any atom is -0.378 e. The highest BCUT2D eigenvalue weighted by atomic mass is 16.5. The molecular formula is C15H21N3O3. The number of amides is 1. The Morgan fingerprint density at radius 1 is 1.43 bits per heavy atom. The predicted molar refractivity (Wildman–Crippen MR) is 78.0 cm³/mol. The average Bonchev–Trinajstić information content (AvgIpc) is 2.90. The highest BCUT2D eigenvalue weighted by molar-refractivity contribution is 6.42. The van der Waals surface area contributed by atoms with Crippen LogP contribution in [0.15, 0.2) is 24.5 Å². The number of likely N-dealkylation sites (tertiary alicyclic amines) is 1. The van der Waals surface area contributed by atoms with Gasteiger partial charge in [-0.3, -0.25) is 19.5 Å². The van der Waals surface area contributed by atoms with Gasteiger partial charge in [-0.1, -0.05) is 0 Å². The van der Waals surface area contributed by atoms with E-state index in [-0.39, 0.29) is 12.1 Å². The number of ketones is 1. The zero-order chi connectivity index (χ0) is 15.4. The maximum absolute atomic E-state index is 12.1. The molecule has 2 atom stereocenters. The van der Waals surface area contributed by atoms with Crippen LogP contribution in [0.1, 0.15) is 24.2 Å². The number of nitrogens with zero attached hydrogens (tertiary/aromatic N) is 2. The van der Waals surface area contributed by atoms with Crippen LogP contribution in [0.2, 0.25) is 0 Å². The van der Waals surface area contributed by atoms with Gasteiger partial charge < -0.3 is 10.1 Å². The molecule has 1 N–H and O–H groups in total. The molecule has 1 aromatic heterocycles. The van der Waals surface area contributed by atoms with Gasteiger partial charge in [-0.2, -0.15) is 0 Å². The molecule has 0 spiro atoms. The Balaban J connectivity index is 2.00. The van der Waals surface area contributed by atoms with E-state index in [9.17, 15) is 9.59 Å². The first kappa shape index (κ1) is 15.6. The lowest BCUT2D eigenvalue weighted by atomic mass is 10.1. The van der Waals surface area contributed by atoms with Crippen LogP contribution in [-0.4, -0.2) is 60.0 Å². The topological polar surface area (TPSA) is 71.5 Å². The number of carbonyl (C=O) groups excluding carboxylic acids is 2. The Kier molecular flexibility index (Phi) is 5.03. The summed E-state index contributed by atoms with van der Waals surface area (Å²) >= 11 is 0. The average molecular weight is 291 g/mol. The lowest BCUT2D eigenvalue weighted by Gasteiger charge is -2.19. The molecule has 1 aliphatic heterocycles. The number of hydrogen-bond acceptors (Lipinski definition) is 5. The summed E-state index contributed by atoms with van der Waals surface area (Å²) in [6.07, 6.45) is 2.86. The molecule has 1 fully saturated rings. The Bertz CT molecular complexity index is 504. The van der Waals surface area contributed by atoms with Gasteiger partial charge in [0.2, 0.25) is 0 Å². The van der Waals surface area contributed by atoms with Crippen molar-refractivity contribution in [1.82, 2.24) is 15.2 Å². The number of ether oxygens (including phenoxy) is 1. The van der Waals surface area contributed by atoms with Crippen LogP contribution in [-0.2, 0) is 9.53 Å². The number of hydrogen-bond donors (Lipinski definition) is 1. The molecule has 1 amide bonds. The number of rotatable bonds is 5. The zero-order valence-electron chi connectivity index (χ0n) is 12.6. The molecule has 1 aromatic rings. The van der Waals surface area contributed by atoms with Crippen LogP contribution in [0.3, 0.4) is 0 Å². The smallest absolute Gasteiger partial charge is 0.292 e. The number of carbonyl (C=O) groups is 2. The van der Waals surface area contributed by atoms with Crippen molar-refractivity contribution < 1.29 is 14.3 Å². The van der Waals surface area contributed by atoms with E-state index in [4.69, 9.17) is 4.74 Å². The molecule has 1 aliphatic rings. The van der Waals surface area contributed by atoms with Crippen molar-refractivity contribution in [2.45, 2.75) is 32.0 Å². The molecule has 0 aromatic carbocycles. The summed E-state index contributed by atoms with van der Waals surface area (Å²) in [5.41, 5.74) is 0.294. The van der Waals surface area contributed by atoms with Crippen molar-refractivity contribution in [2.75, 3.05) is 20.2 Å². The van der Waals surface area contributed by atoms with E-state index in [0.29, 0.717) is 18.2 Å². The third kappa shape index (κ3) is 3.65. The Labute approximate surface area is 124 Å². The quantitative estimate of drug-likeness (QED) is 0.631. The fourth-order valence-corrected chi connectivity index (χ4v) is 2.46. The van der Waals surface area contributed by atoms with Crippen molar-refractivity contribution in [2.24, 2.45) is 0 Å². The van der Waals surface area contributed by atoms with Crippen molar-refractivity contribution >= 4 is 11.7 Å². The first-order chi connectivity index (χ1) is 10.0. The van der Waals surface area contributed by atoms with Gasteiger partial charge in [0.25, 0.3) is 11.7 Å². The summed E-state index contributed by atoms with van der Waals surface area (Å²) in [6.45, 7) is 5.62. The van der Waals surface area contributed by atoms with E-state index in [1.165, 1.54) is 6.20 Å². The second-order valence-electron chi connectivity index (χ2n) is 5.47. The number of aromatic nitrogens is 1. The highest BCUT2D eigenvalue weighted by Crippen LogP contribution is 2.16. The molecule has 6 heteroatoms. The summed E-state index contributed by atoms with van der Waals surface area (Å²) in [5.74, 6) is -1.18. The van der Waals surface area contributed by atoms with Gasteiger partial charge in [0.15, 0.2) is 0 Å². The molecule has 0 unspecified atom stereocenters. The number of methoxy groups -OCH3 is 1. The molecule has 0 radical (unpaired) electrons. The predicted octanol–water partition coefficient (Wildman–Crippen LogP) is 0.488. The molecule has 2 rings (SSSR count). The standard InChI is InChI=1S/C15H21N3O3/c1-10(2)18-8-12(13(9-18)21-3)17-15(20)14(19)11-5-4-6-16-7-11/h4-7,10,12-13H,8-9H2,1-3H3,(H,17,20)/t12-,13-/m0/s1. The summed E-state index contributed by atoms with van der Waals surface area (Å²) in [5, 5.41) is 2.78. The van der Waals surface area contributed by atoms with Crippen LogP contribution >= 0.6 is 0 Å². The molecule has 1 saturated heterocycles. The normalized spacial score (nSPS) is 22.5.